The van der Waals surface area contributed by atoms with Crippen LogP contribution in [0.5, 0.6) is 0 Å². The number of hydrogen-bond donors (Lipinski definition) is 1. The van der Waals surface area contributed by atoms with Crippen LogP contribution in [0.3, 0.4) is 0 Å². The van der Waals surface area contributed by atoms with Crippen molar-refractivity contribution >= 4 is 11.6 Å². The Balaban J connectivity index is 1.43. The van der Waals surface area contributed by atoms with E-state index < -0.39 is 5.91 Å². The van der Waals surface area contributed by atoms with E-state index in [1.54, 1.807) is 19.1 Å². The summed E-state index contributed by atoms with van der Waals surface area (Å²) in [6.07, 6.45) is 2.51. The number of nitrogens with one attached hydrogen (secondary N) is 1. The van der Waals surface area contributed by atoms with Crippen LogP contribution < -0.4 is 5.32 Å². The number of rotatable bonds is 7. The lowest BCUT2D eigenvalue weighted by atomic mass is 10.2. The lowest BCUT2D eigenvalue weighted by molar-refractivity contribution is 0.101. The van der Waals surface area contributed by atoms with Crippen molar-refractivity contribution < 1.29 is 13.9 Å². The smallest absolute Gasteiger partial charge is 0.295 e. The first kappa shape index (κ1) is 18.3. The van der Waals surface area contributed by atoms with Crippen LogP contribution in [0.4, 0.5) is 10.1 Å². The van der Waals surface area contributed by atoms with Crippen LogP contribution in [0.15, 0.2) is 48.5 Å². The van der Waals surface area contributed by atoms with Crippen LogP contribution in [0.2, 0.25) is 0 Å². The lowest BCUT2D eigenvalue weighted by Gasteiger charge is -2.07. The van der Waals surface area contributed by atoms with Crippen LogP contribution >= 0.6 is 0 Å². The second-order valence-electron chi connectivity index (χ2n) is 6.98. The molecule has 1 saturated carbocycles. The molecule has 4 rings (SSSR count). The third kappa shape index (κ3) is 4.43. The molecule has 1 aliphatic rings. The van der Waals surface area contributed by atoms with Crippen LogP contribution in [-0.2, 0) is 11.3 Å². The van der Waals surface area contributed by atoms with Crippen LogP contribution in [0.1, 0.15) is 34.8 Å². The van der Waals surface area contributed by atoms with E-state index in [1.807, 2.05) is 24.3 Å². The van der Waals surface area contributed by atoms with E-state index in [9.17, 15) is 9.18 Å². The Labute approximate surface area is 162 Å². The summed E-state index contributed by atoms with van der Waals surface area (Å²) in [5.41, 5.74) is 2.30. The molecule has 1 fully saturated rings. The van der Waals surface area contributed by atoms with Crippen molar-refractivity contribution in [3.63, 3.8) is 0 Å². The van der Waals surface area contributed by atoms with Gasteiger partial charge >= 0.3 is 0 Å². The summed E-state index contributed by atoms with van der Waals surface area (Å²) in [7, 11) is 0. The molecular weight excluding hydrogens is 359 g/mol. The first-order valence-electron chi connectivity index (χ1n) is 9.26. The van der Waals surface area contributed by atoms with Gasteiger partial charge in [-0.25, -0.2) is 14.1 Å². The van der Waals surface area contributed by atoms with Gasteiger partial charge in [-0.1, -0.05) is 12.1 Å². The topological polar surface area (TPSA) is 69.0 Å². The van der Waals surface area contributed by atoms with Crippen LogP contribution in [0.25, 0.3) is 5.69 Å². The largest absolute Gasteiger partial charge is 0.376 e. The summed E-state index contributed by atoms with van der Waals surface area (Å²) >= 11 is 0. The normalized spacial score (nSPS) is 13.5. The summed E-state index contributed by atoms with van der Waals surface area (Å²) in [5, 5.41) is 7.07. The molecule has 0 aliphatic heterocycles. The van der Waals surface area contributed by atoms with E-state index in [1.165, 1.54) is 29.7 Å². The van der Waals surface area contributed by atoms with Crippen molar-refractivity contribution in [2.75, 3.05) is 11.9 Å². The summed E-state index contributed by atoms with van der Waals surface area (Å²) in [4.78, 5) is 16.8. The molecule has 3 aromatic rings. The van der Waals surface area contributed by atoms with Crippen molar-refractivity contribution in [2.24, 2.45) is 5.92 Å². The van der Waals surface area contributed by atoms with Gasteiger partial charge in [-0.15, -0.1) is 5.10 Å². The average molecular weight is 380 g/mol. The number of aryl methyl sites for hydroxylation is 1. The van der Waals surface area contributed by atoms with Crippen molar-refractivity contribution in [3.8, 4) is 5.69 Å². The molecule has 2 aromatic carbocycles. The number of carbonyl (C=O) groups excluding carboxylic acids is 1. The molecule has 144 valence electrons. The number of anilines is 1. The second kappa shape index (κ2) is 7.90. The Bertz CT molecular complexity index is 980. The number of ether oxygens (including phenoxy) is 1. The maximum Gasteiger partial charge on any atom is 0.295 e. The summed E-state index contributed by atoms with van der Waals surface area (Å²) in [6.45, 7) is 3.06. The molecule has 7 heteroatoms. The molecule has 6 nitrogen and oxygen atoms in total. The minimum Gasteiger partial charge on any atom is -0.376 e. The number of aromatic nitrogens is 3. The van der Waals surface area contributed by atoms with E-state index in [0.717, 1.165) is 12.2 Å². The molecule has 0 unspecified atom stereocenters. The number of benzene rings is 2. The van der Waals surface area contributed by atoms with Gasteiger partial charge in [-0.2, -0.15) is 0 Å². The predicted molar refractivity (Wildman–Crippen MR) is 103 cm³/mol. The Kier molecular flexibility index (Phi) is 5.16. The molecule has 1 amide bonds. The van der Waals surface area contributed by atoms with E-state index in [-0.39, 0.29) is 11.6 Å². The Hall–Kier alpha value is -3.06. The van der Waals surface area contributed by atoms with Gasteiger partial charge in [0.1, 0.15) is 11.6 Å². The fraction of sp³-hybridized carbons (Fsp3) is 0.286. The highest BCUT2D eigenvalue weighted by atomic mass is 19.1. The molecule has 1 heterocycles. The van der Waals surface area contributed by atoms with Gasteiger partial charge in [-0.05, 0) is 67.6 Å². The average Bonchev–Trinajstić information content (AvgIpc) is 3.42. The highest BCUT2D eigenvalue weighted by Gasteiger charge is 2.21. The van der Waals surface area contributed by atoms with Gasteiger partial charge in [-0.3, -0.25) is 4.79 Å². The van der Waals surface area contributed by atoms with Gasteiger partial charge in [0.2, 0.25) is 5.82 Å². The monoisotopic (exact) mass is 380 g/mol. The van der Waals surface area contributed by atoms with Gasteiger partial charge in [0.25, 0.3) is 5.91 Å². The van der Waals surface area contributed by atoms with Gasteiger partial charge in [0.05, 0.1) is 12.3 Å². The number of carbonyl (C=O) groups is 1. The second-order valence-corrected chi connectivity index (χ2v) is 6.98. The summed E-state index contributed by atoms with van der Waals surface area (Å²) in [5.74, 6) is 0.574. The third-order valence-corrected chi connectivity index (χ3v) is 4.55. The molecule has 1 N–H and O–H groups in total. The minimum absolute atomic E-state index is 0.0530. The number of amides is 1. The summed E-state index contributed by atoms with van der Waals surface area (Å²) in [6, 6.07) is 13.4. The molecule has 0 spiro atoms. The molecule has 0 bridgehead atoms. The minimum atomic E-state index is -0.403. The Morgan fingerprint density at radius 2 is 2.04 bits per heavy atom. The fourth-order valence-electron chi connectivity index (χ4n) is 2.87. The standard InChI is InChI=1S/C21H21FN4O2/c1-14-23-20(25-26(14)19-9-7-17(22)8-10-19)21(27)24-18-4-2-3-16(11-18)13-28-12-15-5-6-15/h2-4,7-11,15H,5-6,12-13H2,1H3,(H,24,27). The van der Waals surface area contributed by atoms with Crippen molar-refractivity contribution in [1.82, 2.24) is 14.8 Å². The Morgan fingerprint density at radius 1 is 1.25 bits per heavy atom. The molecule has 0 radical (unpaired) electrons. The van der Waals surface area contributed by atoms with E-state index >= 15 is 0 Å². The van der Waals surface area contributed by atoms with Crippen molar-refractivity contribution in [1.29, 1.82) is 0 Å². The number of halogens is 1. The molecule has 0 atom stereocenters. The zero-order valence-corrected chi connectivity index (χ0v) is 15.6. The zero-order chi connectivity index (χ0) is 19.5. The highest BCUT2D eigenvalue weighted by molar-refractivity contribution is 6.01. The maximum atomic E-state index is 13.1. The van der Waals surface area contributed by atoms with Gasteiger partial charge in [0.15, 0.2) is 0 Å². The van der Waals surface area contributed by atoms with Gasteiger partial charge < -0.3 is 10.1 Å². The molecular formula is C21H21FN4O2. The maximum absolute atomic E-state index is 13.1. The SMILES string of the molecule is Cc1nc(C(=O)Nc2cccc(COCC3CC3)c2)nn1-c1ccc(F)cc1. The predicted octanol–water partition coefficient (Wildman–Crippen LogP) is 3.89. The highest BCUT2D eigenvalue weighted by Crippen LogP contribution is 2.29. The molecule has 28 heavy (non-hydrogen) atoms. The molecule has 0 saturated heterocycles. The quantitative estimate of drug-likeness (QED) is 0.675. The van der Waals surface area contributed by atoms with Crippen molar-refractivity contribution in [2.45, 2.75) is 26.4 Å². The van der Waals surface area contributed by atoms with Crippen LogP contribution in [-0.4, -0.2) is 27.3 Å². The third-order valence-electron chi connectivity index (χ3n) is 4.55. The molecule has 1 aromatic heterocycles. The summed E-state index contributed by atoms with van der Waals surface area (Å²) < 4.78 is 20.3. The lowest BCUT2D eigenvalue weighted by Crippen LogP contribution is -2.14. The number of nitrogens with zero attached hydrogens (tertiary/aromatic N) is 3. The number of hydrogen-bond acceptors (Lipinski definition) is 4. The zero-order valence-electron chi connectivity index (χ0n) is 15.6. The Morgan fingerprint density at radius 3 is 2.79 bits per heavy atom. The first-order valence-corrected chi connectivity index (χ1v) is 9.26. The van der Waals surface area contributed by atoms with Gasteiger partial charge in [0, 0.05) is 12.3 Å². The first-order chi connectivity index (χ1) is 13.6. The fourth-order valence-corrected chi connectivity index (χ4v) is 2.87. The van der Waals surface area contributed by atoms with Crippen molar-refractivity contribution in [3.05, 3.63) is 71.6 Å². The molecule has 1 aliphatic carbocycles. The van der Waals surface area contributed by atoms with E-state index in [2.05, 4.69) is 15.4 Å². The van der Waals surface area contributed by atoms with Crippen LogP contribution in [0, 0.1) is 18.7 Å². The van der Waals surface area contributed by atoms with E-state index in [4.69, 9.17) is 4.74 Å². The van der Waals surface area contributed by atoms with E-state index in [0.29, 0.717) is 29.7 Å².